The van der Waals surface area contributed by atoms with E-state index in [9.17, 15) is 0 Å². The molecular formula is C54H34N2OS. The first-order valence-corrected chi connectivity index (χ1v) is 20.5. The quantitative estimate of drug-likeness (QED) is 0.168. The first kappa shape index (κ1) is 32.8. The van der Waals surface area contributed by atoms with Gasteiger partial charge in [0.1, 0.15) is 11.2 Å². The molecule has 4 heteroatoms. The molecule has 3 aromatic heterocycles. The van der Waals surface area contributed by atoms with E-state index >= 15 is 0 Å². The molecule has 3 heterocycles. The minimum absolute atomic E-state index is 0.876. The molecule has 9 aromatic carbocycles. The highest BCUT2D eigenvalue weighted by Gasteiger charge is 2.20. The average molecular weight is 759 g/mol. The zero-order valence-electron chi connectivity index (χ0n) is 31.3. The van der Waals surface area contributed by atoms with E-state index in [1.165, 1.54) is 64.2 Å². The molecule has 0 atom stereocenters. The van der Waals surface area contributed by atoms with Gasteiger partial charge in [-0.2, -0.15) is 0 Å². The van der Waals surface area contributed by atoms with Crippen molar-refractivity contribution < 1.29 is 4.42 Å². The first-order chi connectivity index (χ1) is 28.7. The van der Waals surface area contributed by atoms with Gasteiger partial charge in [-0.25, -0.2) is 0 Å². The summed E-state index contributed by atoms with van der Waals surface area (Å²) in [7, 11) is 0. The smallest absolute Gasteiger partial charge is 0.137 e. The van der Waals surface area contributed by atoms with Crippen LogP contribution in [0.5, 0.6) is 0 Å². The fourth-order valence-corrected chi connectivity index (χ4v) is 10.1. The second-order valence-corrected chi connectivity index (χ2v) is 16.0. The minimum Gasteiger partial charge on any atom is -0.456 e. The van der Waals surface area contributed by atoms with Gasteiger partial charge in [0.05, 0.1) is 11.0 Å². The number of fused-ring (bicyclic) bond motifs is 9. The molecule has 0 fully saturated rings. The summed E-state index contributed by atoms with van der Waals surface area (Å²) >= 11 is 1.87. The second-order valence-electron chi connectivity index (χ2n) is 14.9. The zero-order chi connectivity index (χ0) is 38.2. The highest BCUT2D eigenvalue weighted by Crippen LogP contribution is 2.45. The van der Waals surface area contributed by atoms with Crippen molar-refractivity contribution in [2.24, 2.45) is 0 Å². The number of para-hydroxylation sites is 3. The number of nitrogens with zero attached hydrogens (tertiary/aromatic N) is 2. The lowest BCUT2D eigenvalue weighted by Gasteiger charge is -2.25. The number of benzene rings is 9. The van der Waals surface area contributed by atoms with Crippen LogP contribution in [0.15, 0.2) is 211 Å². The molecule has 272 valence electrons. The molecule has 0 saturated carbocycles. The molecule has 3 nitrogen and oxygen atoms in total. The Balaban J connectivity index is 1.05. The van der Waals surface area contributed by atoms with Gasteiger partial charge < -0.3 is 13.9 Å². The van der Waals surface area contributed by atoms with Crippen molar-refractivity contribution in [1.82, 2.24) is 4.57 Å². The van der Waals surface area contributed by atoms with E-state index in [-0.39, 0.29) is 0 Å². The van der Waals surface area contributed by atoms with E-state index in [1.807, 2.05) is 23.5 Å². The van der Waals surface area contributed by atoms with E-state index in [0.29, 0.717) is 0 Å². The summed E-state index contributed by atoms with van der Waals surface area (Å²) in [5.41, 5.74) is 13.3. The highest BCUT2D eigenvalue weighted by molar-refractivity contribution is 7.26. The Bertz CT molecular complexity index is 3500. The fraction of sp³-hybridized carbons (Fsp3) is 0. The topological polar surface area (TPSA) is 21.3 Å². The van der Waals surface area contributed by atoms with Crippen LogP contribution in [0.3, 0.4) is 0 Å². The number of hydrogen-bond acceptors (Lipinski definition) is 3. The fourth-order valence-electron chi connectivity index (χ4n) is 8.88. The number of anilines is 3. The maximum atomic E-state index is 6.35. The Morgan fingerprint density at radius 2 is 1.00 bits per heavy atom. The second kappa shape index (κ2) is 13.1. The highest BCUT2D eigenvalue weighted by atomic mass is 32.1. The summed E-state index contributed by atoms with van der Waals surface area (Å²) in [5, 5.41) is 7.30. The maximum Gasteiger partial charge on any atom is 0.137 e. The molecule has 0 unspecified atom stereocenters. The average Bonchev–Trinajstić information content (AvgIpc) is 3.96. The third-order valence-corrected chi connectivity index (χ3v) is 12.8. The number of thiophene rings is 1. The number of hydrogen-bond donors (Lipinski definition) is 0. The molecule has 0 spiro atoms. The Hall–Kier alpha value is -7.40. The summed E-state index contributed by atoms with van der Waals surface area (Å²) in [6, 6.07) is 74.4. The number of furan rings is 1. The van der Waals surface area contributed by atoms with Gasteiger partial charge >= 0.3 is 0 Å². The van der Waals surface area contributed by atoms with Crippen molar-refractivity contribution >= 4 is 92.3 Å². The normalized spacial score (nSPS) is 11.8. The van der Waals surface area contributed by atoms with Crippen LogP contribution in [0, 0.1) is 0 Å². The van der Waals surface area contributed by atoms with Gasteiger partial charge in [-0.05, 0) is 89.5 Å². The van der Waals surface area contributed by atoms with Crippen molar-refractivity contribution in [3.05, 3.63) is 206 Å². The largest absolute Gasteiger partial charge is 0.456 e. The number of rotatable bonds is 6. The number of aromatic nitrogens is 1. The Morgan fingerprint density at radius 3 is 1.84 bits per heavy atom. The molecule has 12 rings (SSSR count). The van der Waals surface area contributed by atoms with Crippen LogP contribution in [0.25, 0.3) is 91.9 Å². The van der Waals surface area contributed by atoms with Crippen molar-refractivity contribution in [3.63, 3.8) is 0 Å². The predicted octanol–water partition coefficient (Wildman–Crippen LogP) is 15.9. The lowest BCUT2D eigenvalue weighted by atomic mass is 10.0. The van der Waals surface area contributed by atoms with Gasteiger partial charge in [0.15, 0.2) is 0 Å². The molecule has 58 heavy (non-hydrogen) atoms. The Labute approximate surface area is 338 Å². The van der Waals surface area contributed by atoms with Crippen molar-refractivity contribution in [2.45, 2.75) is 0 Å². The SMILES string of the molecule is c1ccc(-c2ccc3c4ccccc4n(-c4cc(-c5ccc(N(c6ccccc6)c6ccc7c(c6)oc6ccccc67)cc5)c5sc6ccccc6c5c4)c3c2)cc1. The standard InChI is InChI=1S/C54H34N2OS/c1-3-13-35(14-4-1)37-25-29-43-42-17-7-10-20-49(42)56(50(43)31-37)41-32-47(54-48(33-41)46-19-9-12-22-53(46)58-54)36-23-26-39(27-24-36)55(38-15-5-2-6-16-38)40-28-30-45-44-18-8-11-21-51(44)57-52(45)34-40/h1-34H. The predicted molar refractivity (Wildman–Crippen MR) is 247 cm³/mol. The van der Waals surface area contributed by atoms with Crippen molar-refractivity contribution in [2.75, 3.05) is 4.90 Å². The van der Waals surface area contributed by atoms with Crippen LogP contribution < -0.4 is 4.90 Å². The van der Waals surface area contributed by atoms with Crippen LogP contribution >= 0.6 is 11.3 Å². The summed E-state index contributed by atoms with van der Waals surface area (Å²) in [6.07, 6.45) is 0. The van der Waals surface area contributed by atoms with Gasteiger partial charge in [0.25, 0.3) is 0 Å². The molecule has 0 N–H and O–H groups in total. The van der Waals surface area contributed by atoms with Crippen LogP contribution in [-0.4, -0.2) is 4.57 Å². The van der Waals surface area contributed by atoms with Crippen molar-refractivity contribution in [1.29, 1.82) is 0 Å². The van der Waals surface area contributed by atoms with Crippen LogP contribution in [-0.2, 0) is 0 Å². The van der Waals surface area contributed by atoms with E-state index in [4.69, 9.17) is 4.42 Å². The van der Waals surface area contributed by atoms with E-state index in [1.54, 1.807) is 0 Å². The summed E-state index contributed by atoms with van der Waals surface area (Å²) in [6.45, 7) is 0. The van der Waals surface area contributed by atoms with Crippen LogP contribution in [0.2, 0.25) is 0 Å². The first-order valence-electron chi connectivity index (χ1n) is 19.7. The molecule has 0 amide bonds. The van der Waals surface area contributed by atoms with E-state index in [2.05, 4.69) is 204 Å². The van der Waals surface area contributed by atoms with Gasteiger partial charge in [-0.1, -0.05) is 127 Å². The van der Waals surface area contributed by atoms with Crippen LogP contribution in [0.4, 0.5) is 17.1 Å². The molecule has 12 aromatic rings. The summed E-state index contributed by atoms with van der Waals surface area (Å²) < 4.78 is 11.4. The lowest BCUT2D eigenvalue weighted by Crippen LogP contribution is -2.09. The molecule has 0 saturated heterocycles. The summed E-state index contributed by atoms with van der Waals surface area (Å²) in [4.78, 5) is 2.31. The Kier molecular flexibility index (Phi) is 7.40. The zero-order valence-corrected chi connectivity index (χ0v) is 32.2. The van der Waals surface area contributed by atoms with Gasteiger partial charge in [-0.15, -0.1) is 11.3 Å². The molecular weight excluding hydrogens is 725 g/mol. The Morgan fingerprint density at radius 1 is 0.379 bits per heavy atom. The van der Waals surface area contributed by atoms with Gasteiger partial charge in [0.2, 0.25) is 0 Å². The monoisotopic (exact) mass is 758 g/mol. The maximum absolute atomic E-state index is 6.35. The molecule has 0 aliphatic heterocycles. The third-order valence-electron chi connectivity index (χ3n) is 11.6. The molecule has 0 aliphatic carbocycles. The van der Waals surface area contributed by atoms with Crippen LogP contribution in [0.1, 0.15) is 0 Å². The lowest BCUT2D eigenvalue weighted by molar-refractivity contribution is 0.669. The van der Waals surface area contributed by atoms with Gasteiger partial charge in [0, 0.05) is 76.1 Å². The molecule has 0 bridgehead atoms. The van der Waals surface area contributed by atoms with E-state index < -0.39 is 0 Å². The van der Waals surface area contributed by atoms with Gasteiger partial charge in [-0.3, -0.25) is 0 Å². The minimum atomic E-state index is 0.876. The van der Waals surface area contributed by atoms with E-state index in [0.717, 1.165) is 44.7 Å². The van der Waals surface area contributed by atoms with Crippen molar-refractivity contribution in [3.8, 4) is 27.9 Å². The molecule has 0 aliphatic rings. The summed E-state index contributed by atoms with van der Waals surface area (Å²) in [5.74, 6) is 0. The molecule has 0 radical (unpaired) electrons. The third kappa shape index (κ3) is 5.19.